The van der Waals surface area contributed by atoms with Crippen LogP contribution in [0.5, 0.6) is 0 Å². The van der Waals surface area contributed by atoms with Gasteiger partial charge in [-0.15, -0.1) is 0 Å². The van der Waals surface area contributed by atoms with Gasteiger partial charge in [-0.3, -0.25) is 9.59 Å². The molecular weight excluding hydrogens is 264 g/mol. The van der Waals surface area contributed by atoms with Crippen LogP contribution in [0.25, 0.3) is 0 Å². The van der Waals surface area contributed by atoms with Crippen LogP contribution in [0.3, 0.4) is 0 Å². The minimum absolute atomic E-state index is 0.0331. The van der Waals surface area contributed by atoms with Crippen LogP contribution in [0.2, 0.25) is 0 Å². The Morgan fingerprint density at radius 2 is 2.00 bits per heavy atom. The van der Waals surface area contributed by atoms with Crippen molar-refractivity contribution in [1.29, 1.82) is 0 Å². The van der Waals surface area contributed by atoms with Gasteiger partial charge in [0.05, 0.1) is 0 Å². The number of amides is 2. The number of rotatable bonds is 5. The fourth-order valence-corrected chi connectivity index (χ4v) is 2.85. The van der Waals surface area contributed by atoms with Crippen molar-refractivity contribution in [3.63, 3.8) is 0 Å². The first-order valence-electron chi connectivity index (χ1n) is 7.70. The Kier molecular flexibility index (Phi) is 5.37. The molecule has 21 heavy (non-hydrogen) atoms. The van der Waals surface area contributed by atoms with E-state index in [-0.39, 0.29) is 11.8 Å². The molecule has 1 fully saturated rings. The van der Waals surface area contributed by atoms with E-state index in [0.29, 0.717) is 19.0 Å². The molecule has 1 aromatic carbocycles. The number of anilines is 1. The first-order chi connectivity index (χ1) is 10.1. The van der Waals surface area contributed by atoms with Crippen LogP contribution < -0.4 is 10.2 Å². The number of hydrogen-bond donors (Lipinski definition) is 1. The van der Waals surface area contributed by atoms with Gasteiger partial charge in [0.2, 0.25) is 11.8 Å². The third-order valence-corrected chi connectivity index (χ3v) is 3.98. The van der Waals surface area contributed by atoms with Crippen molar-refractivity contribution in [3.05, 3.63) is 29.8 Å². The minimum atomic E-state index is -0.0331. The first kappa shape index (κ1) is 15.5. The molecule has 0 bridgehead atoms. The number of hydrogen-bond acceptors (Lipinski definition) is 2. The van der Waals surface area contributed by atoms with Gasteiger partial charge >= 0.3 is 0 Å². The average molecular weight is 288 g/mol. The molecule has 0 aliphatic heterocycles. The van der Waals surface area contributed by atoms with E-state index in [4.69, 9.17) is 0 Å². The van der Waals surface area contributed by atoms with E-state index in [0.717, 1.165) is 24.1 Å². The summed E-state index contributed by atoms with van der Waals surface area (Å²) in [5.41, 5.74) is 1.96. The summed E-state index contributed by atoms with van der Waals surface area (Å²) in [7, 11) is 0. The summed E-state index contributed by atoms with van der Waals surface area (Å²) in [6, 6.07) is 8.13. The zero-order valence-electron chi connectivity index (χ0n) is 12.9. The number of nitrogens with zero attached hydrogens (tertiary/aromatic N) is 1. The van der Waals surface area contributed by atoms with Gasteiger partial charge in [0.1, 0.15) is 0 Å². The van der Waals surface area contributed by atoms with Gasteiger partial charge in [-0.1, -0.05) is 25.0 Å². The molecule has 4 nitrogen and oxygen atoms in total. The molecule has 0 aromatic heterocycles. The van der Waals surface area contributed by atoms with Crippen molar-refractivity contribution >= 4 is 17.5 Å². The van der Waals surface area contributed by atoms with E-state index in [1.807, 2.05) is 31.2 Å². The van der Waals surface area contributed by atoms with Gasteiger partial charge in [0.25, 0.3) is 0 Å². The van der Waals surface area contributed by atoms with Crippen LogP contribution in [-0.2, 0) is 9.59 Å². The lowest BCUT2D eigenvalue weighted by Crippen LogP contribution is -2.37. The quantitative estimate of drug-likeness (QED) is 0.905. The van der Waals surface area contributed by atoms with E-state index < -0.39 is 0 Å². The summed E-state index contributed by atoms with van der Waals surface area (Å²) in [5, 5.41) is 3.06. The second-order valence-corrected chi connectivity index (χ2v) is 5.81. The van der Waals surface area contributed by atoms with Crippen LogP contribution in [0, 0.1) is 6.92 Å². The molecule has 4 heteroatoms. The molecule has 0 unspecified atom stereocenters. The molecule has 114 valence electrons. The topological polar surface area (TPSA) is 49.4 Å². The Balaban J connectivity index is 1.91. The van der Waals surface area contributed by atoms with Crippen molar-refractivity contribution in [2.45, 2.75) is 52.0 Å². The lowest BCUT2D eigenvalue weighted by atomic mass is 10.2. The Morgan fingerprint density at radius 3 is 2.62 bits per heavy atom. The van der Waals surface area contributed by atoms with Crippen LogP contribution in [-0.4, -0.2) is 24.4 Å². The number of carbonyl (C=O) groups is 2. The number of nitrogens with one attached hydrogen (secondary N) is 1. The molecule has 0 radical (unpaired) electrons. The highest BCUT2D eigenvalue weighted by molar-refractivity contribution is 5.92. The maximum Gasteiger partial charge on any atom is 0.223 e. The third-order valence-electron chi connectivity index (χ3n) is 3.98. The number of benzene rings is 1. The second kappa shape index (κ2) is 7.25. The largest absolute Gasteiger partial charge is 0.353 e. The van der Waals surface area contributed by atoms with Crippen molar-refractivity contribution in [2.24, 2.45) is 0 Å². The fraction of sp³-hybridized carbons (Fsp3) is 0.529. The Bertz CT molecular complexity index is 507. The average Bonchev–Trinajstić information content (AvgIpc) is 2.91. The Labute approximate surface area is 126 Å². The molecule has 2 rings (SSSR count). The molecular formula is C17H24N2O2. The summed E-state index contributed by atoms with van der Waals surface area (Å²) in [4.78, 5) is 25.5. The molecule has 1 aliphatic carbocycles. The SMILES string of the molecule is CC(=O)N(CCC(=O)NC1CCCC1)c1cccc(C)c1. The molecule has 0 spiro atoms. The van der Waals surface area contributed by atoms with E-state index in [2.05, 4.69) is 5.32 Å². The molecule has 1 N–H and O–H groups in total. The smallest absolute Gasteiger partial charge is 0.223 e. The summed E-state index contributed by atoms with van der Waals surface area (Å²) < 4.78 is 0. The van der Waals surface area contributed by atoms with Gasteiger partial charge in [-0.2, -0.15) is 0 Å². The molecule has 2 amide bonds. The summed E-state index contributed by atoms with van der Waals surface area (Å²) in [6.45, 7) is 3.96. The van der Waals surface area contributed by atoms with Gasteiger partial charge in [0, 0.05) is 31.6 Å². The highest BCUT2D eigenvalue weighted by atomic mass is 16.2. The monoisotopic (exact) mass is 288 g/mol. The highest BCUT2D eigenvalue weighted by Crippen LogP contribution is 2.18. The summed E-state index contributed by atoms with van der Waals surface area (Å²) in [5.74, 6) is 0.00932. The number of aryl methyl sites for hydroxylation is 1. The summed E-state index contributed by atoms with van der Waals surface area (Å²) in [6.07, 6.45) is 4.92. The van der Waals surface area contributed by atoms with Gasteiger partial charge in [-0.05, 0) is 37.5 Å². The number of carbonyl (C=O) groups excluding carboxylic acids is 2. The fourth-order valence-electron chi connectivity index (χ4n) is 2.85. The Morgan fingerprint density at radius 1 is 1.29 bits per heavy atom. The van der Waals surface area contributed by atoms with Crippen LogP contribution in [0.4, 0.5) is 5.69 Å². The van der Waals surface area contributed by atoms with E-state index in [1.54, 1.807) is 4.90 Å². The molecule has 1 aromatic rings. The van der Waals surface area contributed by atoms with Gasteiger partial charge < -0.3 is 10.2 Å². The summed E-state index contributed by atoms with van der Waals surface area (Å²) >= 11 is 0. The maximum absolute atomic E-state index is 12.0. The third kappa shape index (κ3) is 4.59. The van der Waals surface area contributed by atoms with Crippen molar-refractivity contribution in [1.82, 2.24) is 5.32 Å². The molecule has 0 heterocycles. The van der Waals surface area contributed by atoms with E-state index >= 15 is 0 Å². The van der Waals surface area contributed by atoms with Crippen molar-refractivity contribution < 1.29 is 9.59 Å². The first-order valence-corrected chi connectivity index (χ1v) is 7.70. The van der Waals surface area contributed by atoms with Gasteiger partial charge in [-0.25, -0.2) is 0 Å². The maximum atomic E-state index is 12.0. The van der Waals surface area contributed by atoms with Gasteiger partial charge in [0.15, 0.2) is 0 Å². The molecule has 0 atom stereocenters. The van der Waals surface area contributed by atoms with Crippen molar-refractivity contribution in [3.8, 4) is 0 Å². The van der Waals surface area contributed by atoms with Crippen LogP contribution in [0.1, 0.15) is 44.6 Å². The lowest BCUT2D eigenvalue weighted by Gasteiger charge is -2.22. The van der Waals surface area contributed by atoms with E-state index in [9.17, 15) is 9.59 Å². The predicted octanol–water partition coefficient (Wildman–Crippen LogP) is 2.80. The van der Waals surface area contributed by atoms with Crippen LogP contribution >= 0.6 is 0 Å². The zero-order chi connectivity index (χ0) is 15.2. The molecule has 1 saturated carbocycles. The lowest BCUT2D eigenvalue weighted by molar-refractivity contribution is -0.121. The molecule has 1 aliphatic rings. The molecule has 0 saturated heterocycles. The Hall–Kier alpha value is -1.84. The zero-order valence-corrected chi connectivity index (χ0v) is 12.9. The van der Waals surface area contributed by atoms with Crippen LogP contribution in [0.15, 0.2) is 24.3 Å². The second-order valence-electron chi connectivity index (χ2n) is 5.81. The predicted molar refractivity (Wildman–Crippen MR) is 84.2 cm³/mol. The standard InChI is InChI=1S/C17H24N2O2/c1-13-6-5-9-16(12-13)19(14(2)20)11-10-17(21)18-15-7-3-4-8-15/h5-6,9,12,15H,3-4,7-8,10-11H2,1-2H3,(H,18,21). The minimum Gasteiger partial charge on any atom is -0.353 e. The van der Waals surface area contributed by atoms with E-state index in [1.165, 1.54) is 19.8 Å². The normalized spacial score (nSPS) is 15.0. The van der Waals surface area contributed by atoms with Crippen molar-refractivity contribution in [2.75, 3.05) is 11.4 Å². The highest BCUT2D eigenvalue weighted by Gasteiger charge is 2.18.